The zero-order valence-electron chi connectivity index (χ0n) is 15.8. The number of hydrogen-bond acceptors (Lipinski definition) is 5. The van der Waals surface area contributed by atoms with Crippen LogP contribution in [0.2, 0.25) is 10.0 Å². The van der Waals surface area contributed by atoms with Gasteiger partial charge in [0.1, 0.15) is 5.75 Å². The molecule has 0 spiro atoms. The van der Waals surface area contributed by atoms with E-state index < -0.39 is 0 Å². The second-order valence-corrected chi connectivity index (χ2v) is 9.53. The number of thiazole rings is 1. The van der Waals surface area contributed by atoms with Gasteiger partial charge in [-0.2, -0.15) is 0 Å². The maximum atomic E-state index is 9.28. The Morgan fingerprint density at radius 3 is 2.79 bits per heavy atom. The zero-order chi connectivity index (χ0) is 19.7. The average molecular weight is 442 g/mol. The van der Waals surface area contributed by atoms with Crippen molar-refractivity contribution in [2.45, 2.75) is 44.3 Å². The monoisotopic (exact) mass is 441 g/mol. The fraction of sp³-hybridized carbons (Fsp3) is 0.571. The summed E-state index contributed by atoms with van der Waals surface area (Å²) in [5, 5.41) is 13.5. The van der Waals surface area contributed by atoms with Gasteiger partial charge in [-0.25, -0.2) is 4.98 Å². The van der Waals surface area contributed by atoms with Crippen LogP contribution in [0.5, 0.6) is 5.75 Å². The van der Waals surface area contributed by atoms with Crippen LogP contribution < -0.4 is 4.74 Å². The Balaban J connectivity index is 1.41. The highest BCUT2D eigenvalue weighted by atomic mass is 35.5. The van der Waals surface area contributed by atoms with Crippen LogP contribution in [0.4, 0.5) is 0 Å². The van der Waals surface area contributed by atoms with Crippen LogP contribution in [0, 0.1) is 17.8 Å². The first kappa shape index (κ1) is 20.4. The highest BCUT2D eigenvalue weighted by Gasteiger charge is 2.47. The van der Waals surface area contributed by atoms with E-state index >= 15 is 0 Å². The molecular weight excluding hydrogens is 417 g/mol. The van der Waals surface area contributed by atoms with Crippen LogP contribution in [0.15, 0.2) is 23.6 Å². The van der Waals surface area contributed by atoms with Gasteiger partial charge < -0.3 is 14.6 Å². The van der Waals surface area contributed by atoms with Crippen LogP contribution in [0.1, 0.15) is 42.3 Å². The predicted molar refractivity (Wildman–Crippen MR) is 112 cm³/mol. The van der Waals surface area contributed by atoms with Crippen molar-refractivity contribution in [3.05, 3.63) is 44.3 Å². The fourth-order valence-electron chi connectivity index (χ4n) is 4.94. The number of hydrogen-bond donors (Lipinski definition) is 1. The van der Waals surface area contributed by atoms with E-state index in [4.69, 9.17) is 32.7 Å². The molecule has 0 aliphatic heterocycles. The molecule has 2 saturated carbocycles. The Morgan fingerprint density at radius 1 is 1.21 bits per heavy atom. The third-order valence-corrected chi connectivity index (χ3v) is 8.12. The lowest BCUT2D eigenvalue weighted by Gasteiger charge is -2.33. The van der Waals surface area contributed by atoms with E-state index in [1.54, 1.807) is 30.6 Å². The summed E-state index contributed by atoms with van der Waals surface area (Å²) in [4.78, 5) is 4.61. The molecule has 0 bridgehead atoms. The smallest absolute Gasteiger partial charge is 0.120 e. The maximum Gasteiger partial charge on any atom is 0.120 e. The average Bonchev–Trinajstić information content (AvgIpc) is 3.32. The summed E-state index contributed by atoms with van der Waals surface area (Å²) in [6, 6.07) is 5.40. The summed E-state index contributed by atoms with van der Waals surface area (Å²) >= 11 is 13.8. The molecule has 0 unspecified atom stereocenters. The number of rotatable bonds is 6. The summed E-state index contributed by atoms with van der Waals surface area (Å²) in [6.07, 6.45) is 4.75. The second-order valence-electron chi connectivity index (χ2n) is 7.83. The minimum atomic E-state index is 0.0230. The van der Waals surface area contributed by atoms with Crippen molar-refractivity contribution in [3.8, 4) is 5.75 Å². The van der Waals surface area contributed by atoms with E-state index in [-0.39, 0.29) is 12.7 Å². The van der Waals surface area contributed by atoms with Gasteiger partial charge in [0.05, 0.1) is 40.1 Å². The van der Waals surface area contributed by atoms with Crippen LogP contribution in [-0.4, -0.2) is 29.9 Å². The molecule has 2 aliphatic carbocycles. The van der Waals surface area contributed by atoms with Crippen molar-refractivity contribution in [1.82, 2.24) is 4.98 Å². The lowest BCUT2D eigenvalue weighted by atomic mass is 9.73. The molecule has 1 N–H and O–H groups in total. The predicted octanol–water partition coefficient (Wildman–Crippen LogP) is 5.56. The molecule has 2 aromatic rings. The van der Waals surface area contributed by atoms with Gasteiger partial charge in [-0.15, -0.1) is 11.3 Å². The quantitative estimate of drug-likeness (QED) is 0.637. The zero-order valence-corrected chi connectivity index (χ0v) is 18.1. The minimum Gasteiger partial charge on any atom is -0.493 e. The number of aliphatic hydroxyl groups is 1. The molecule has 0 radical (unpaired) electrons. The highest BCUT2D eigenvalue weighted by molar-refractivity contribution is 7.09. The Hall–Kier alpha value is -0.850. The molecule has 4 nitrogen and oxygen atoms in total. The molecule has 152 valence electrons. The molecule has 5 atom stereocenters. The number of methoxy groups -OCH3 is 1. The topological polar surface area (TPSA) is 51.6 Å². The Morgan fingerprint density at radius 2 is 2.07 bits per heavy atom. The summed E-state index contributed by atoms with van der Waals surface area (Å²) in [7, 11) is 1.81. The Kier molecular flexibility index (Phi) is 6.48. The van der Waals surface area contributed by atoms with Crippen molar-refractivity contribution >= 4 is 34.5 Å². The van der Waals surface area contributed by atoms with Gasteiger partial charge in [-0.05, 0) is 49.7 Å². The van der Waals surface area contributed by atoms with Crippen LogP contribution >= 0.6 is 34.5 Å². The lowest BCUT2D eigenvalue weighted by Crippen LogP contribution is -2.30. The standard InChI is InChI=1S/C21H25Cl2NO3S/c1-26-20-7-13-6-12(21-24-14(9-25)11-28-21)2-4-16(13)17(20)10-27-15-3-5-18(22)19(23)8-15/h3,5,8,11-13,16-17,20,25H,2,4,6-7,9-10H2,1H3/t12-,13-,16-,17+,20-/m0/s1. The third kappa shape index (κ3) is 4.19. The molecule has 7 heteroatoms. The van der Waals surface area contributed by atoms with Gasteiger partial charge in [0, 0.05) is 30.4 Å². The number of nitrogens with zero attached hydrogens (tertiary/aromatic N) is 1. The van der Waals surface area contributed by atoms with Crippen LogP contribution in [-0.2, 0) is 11.3 Å². The van der Waals surface area contributed by atoms with Crippen LogP contribution in [0.3, 0.4) is 0 Å². The summed E-state index contributed by atoms with van der Waals surface area (Å²) in [5.41, 5.74) is 0.788. The molecule has 1 aromatic carbocycles. The van der Waals surface area contributed by atoms with Crippen molar-refractivity contribution in [1.29, 1.82) is 0 Å². The van der Waals surface area contributed by atoms with E-state index in [0.29, 0.717) is 40.3 Å². The molecule has 4 rings (SSSR count). The van der Waals surface area contributed by atoms with Crippen molar-refractivity contribution < 1.29 is 14.6 Å². The highest BCUT2D eigenvalue weighted by Crippen LogP contribution is 2.51. The van der Waals surface area contributed by atoms with E-state index in [0.717, 1.165) is 30.7 Å². The summed E-state index contributed by atoms with van der Waals surface area (Å²) < 4.78 is 11.9. The van der Waals surface area contributed by atoms with Gasteiger partial charge >= 0.3 is 0 Å². The van der Waals surface area contributed by atoms with Gasteiger partial charge in [0.15, 0.2) is 0 Å². The second kappa shape index (κ2) is 8.88. The lowest BCUT2D eigenvalue weighted by molar-refractivity contribution is 0.0359. The molecule has 0 amide bonds. The SMILES string of the molecule is CO[C@H]1C[C@@H]2C[C@@H](c3nc(CO)cs3)CC[C@@H]2[C@H]1COc1ccc(Cl)c(Cl)c1. The minimum absolute atomic E-state index is 0.0230. The molecule has 28 heavy (non-hydrogen) atoms. The third-order valence-electron chi connectivity index (χ3n) is 6.32. The largest absolute Gasteiger partial charge is 0.493 e. The van der Waals surface area contributed by atoms with Crippen LogP contribution in [0.25, 0.3) is 0 Å². The molecule has 2 aliphatic rings. The van der Waals surface area contributed by atoms with Gasteiger partial charge in [0.25, 0.3) is 0 Å². The summed E-state index contributed by atoms with van der Waals surface area (Å²) in [6.45, 7) is 0.656. The number of ether oxygens (including phenoxy) is 2. The first-order chi connectivity index (χ1) is 13.6. The number of aromatic nitrogens is 1. The van der Waals surface area contributed by atoms with E-state index in [2.05, 4.69) is 4.98 Å². The van der Waals surface area contributed by atoms with Gasteiger partial charge in [-0.1, -0.05) is 23.2 Å². The maximum absolute atomic E-state index is 9.28. The van der Waals surface area contributed by atoms with Gasteiger partial charge in [0.2, 0.25) is 0 Å². The fourth-order valence-corrected chi connectivity index (χ4v) is 6.19. The molecule has 1 heterocycles. The van der Waals surface area contributed by atoms with E-state index in [1.165, 1.54) is 11.4 Å². The van der Waals surface area contributed by atoms with E-state index in [9.17, 15) is 5.11 Å². The summed E-state index contributed by atoms with van der Waals surface area (Å²) in [5.74, 6) is 2.88. The molecular formula is C21H25Cl2NO3S. The van der Waals surface area contributed by atoms with Crippen molar-refractivity contribution in [2.24, 2.45) is 17.8 Å². The number of benzene rings is 1. The Labute approximate surface area is 179 Å². The van der Waals surface area contributed by atoms with E-state index in [1.807, 2.05) is 11.4 Å². The molecule has 2 fully saturated rings. The first-order valence-electron chi connectivity index (χ1n) is 9.74. The van der Waals surface area contributed by atoms with Crippen molar-refractivity contribution in [3.63, 3.8) is 0 Å². The number of fused-ring (bicyclic) bond motifs is 1. The molecule has 0 saturated heterocycles. The first-order valence-corrected chi connectivity index (χ1v) is 11.4. The number of aliphatic hydroxyl groups excluding tert-OH is 1. The normalized spacial score (nSPS) is 29.6. The molecule has 1 aromatic heterocycles. The van der Waals surface area contributed by atoms with Gasteiger partial charge in [-0.3, -0.25) is 0 Å². The Bertz CT molecular complexity index is 815. The van der Waals surface area contributed by atoms with Crippen molar-refractivity contribution in [2.75, 3.05) is 13.7 Å². The number of halogens is 2.